The molecule has 0 bridgehead atoms. The van der Waals surface area contributed by atoms with E-state index in [2.05, 4.69) is 5.32 Å². The predicted molar refractivity (Wildman–Crippen MR) is 86.7 cm³/mol. The first kappa shape index (κ1) is 17.0. The van der Waals surface area contributed by atoms with Gasteiger partial charge in [-0.2, -0.15) is 0 Å². The molecule has 8 heteroatoms. The van der Waals surface area contributed by atoms with Crippen molar-refractivity contribution >= 4 is 22.8 Å². The number of carboxylic acid groups (broad SMARTS) is 1. The van der Waals surface area contributed by atoms with Gasteiger partial charge in [0.15, 0.2) is 0 Å². The van der Waals surface area contributed by atoms with E-state index in [0.717, 1.165) is 13.0 Å². The van der Waals surface area contributed by atoms with Crippen LogP contribution in [-0.4, -0.2) is 42.8 Å². The highest BCUT2D eigenvalue weighted by molar-refractivity contribution is 5.88. The van der Waals surface area contributed by atoms with Gasteiger partial charge in [-0.15, -0.1) is 0 Å². The van der Waals surface area contributed by atoms with Crippen LogP contribution >= 0.6 is 0 Å². The molecule has 132 valence electrons. The van der Waals surface area contributed by atoms with Crippen LogP contribution in [0.15, 0.2) is 33.5 Å². The van der Waals surface area contributed by atoms with Crippen molar-refractivity contribution in [3.05, 3.63) is 40.2 Å². The summed E-state index contributed by atoms with van der Waals surface area (Å²) in [5.74, 6) is -1.06. The molecule has 1 aliphatic rings. The summed E-state index contributed by atoms with van der Waals surface area (Å²) in [6, 6.07) is 6.27. The molecule has 0 spiro atoms. The highest BCUT2D eigenvalue weighted by atomic mass is 16.6. The second kappa shape index (κ2) is 7.35. The number of rotatable bonds is 8. The molecular weight excluding hydrogens is 330 g/mol. The molecule has 1 fully saturated rings. The third-order valence-electron chi connectivity index (χ3n) is 3.70. The highest BCUT2D eigenvalue weighted by Crippen LogP contribution is 2.24. The van der Waals surface area contributed by atoms with Crippen LogP contribution in [-0.2, 0) is 20.7 Å². The lowest BCUT2D eigenvalue weighted by molar-refractivity contribution is -0.137. The normalized spacial score (nSPS) is 15.8. The van der Waals surface area contributed by atoms with Crippen molar-refractivity contribution in [3.8, 4) is 5.75 Å². The first-order chi connectivity index (χ1) is 12.0. The zero-order valence-electron chi connectivity index (χ0n) is 13.3. The van der Waals surface area contributed by atoms with Crippen molar-refractivity contribution in [2.24, 2.45) is 0 Å². The van der Waals surface area contributed by atoms with Gasteiger partial charge in [0.05, 0.1) is 25.7 Å². The van der Waals surface area contributed by atoms with Crippen molar-refractivity contribution in [1.29, 1.82) is 0 Å². The summed E-state index contributed by atoms with van der Waals surface area (Å²) in [4.78, 5) is 34.0. The molecule has 25 heavy (non-hydrogen) atoms. The lowest BCUT2D eigenvalue weighted by Crippen LogP contribution is -2.30. The van der Waals surface area contributed by atoms with Gasteiger partial charge in [0.1, 0.15) is 17.9 Å². The molecule has 1 atom stereocenters. The molecule has 8 nitrogen and oxygen atoms in total. The molecule has 2 N–H and O–H groups in total. The molecule has 3 rings (SSSR count). The largest absolute Gasteiger partial charge is 0.493 e. The first-order valence-corrected chi connectivity index (χ1v) is 7.81. The van der Waals surface area contributed by atoms with Crippen LogP contribution < -0.4 is 15.7 Å². The second-order valence-corrected chi connectivity index (χ2v) is 5.69. The molecule has 1 aromatic carbocycles. The van der Waals surface area contributed by atoms with E-state index in [9.17, 15) is 14.4 Å². The van der Waals surface area contributed by atoms with Gasteiger partial charge in [-0.05, 0) is 17.7 Å². The minimum atomic E-state index is -1.14. The number of nitrogens with one attached hydrogen (secondary N) is 1. The summed E-state index contributed by atoms with van der Waals surface area (Å²) in [5, 5.41) is 11.4. The Bertz CT molecular complexity index is 854. The smallest absolute Gasteiger partial charge is 0.336 e. The predicted octanol–water partition coefficient (Wildman–Crippen LogP) is 0.704. The number of carboxylic acids is 1. The number of fused-ring (bicyclic) bond motifs is 1. The number of hydrogen-bond donors (Lipinski definition) is 2. The monoisotopic (exact) mass is 347 g/mol. The van der Waals surface area contributed by atoms with E-state index >= 15 is 0 Å². The summed E-state index contributed by atoms with van der Waals surface area (Å²) >= 11 is 0. The Morgan fingerprint density at radius 3 is 2.84 bits per heavy atom. The standard InChI is InChI=1S/C17H17NO7/c19-15(18-8-16(20)21)5-10-6-17(22)25-14-7-11(1-2-13(10)14)23-4-3-12-9-24-12/h1-2,6-7,12H,3-5,8-9H2,(H,18,19)(H,20,21). The van der Waals surface area contributed by atoms with E-state index in [-0.39, 0.29) is 12.5 Å². The van der Waals surface area contributed by atoms with Gasteiger partial charge in [0, 0.05) is 23.9 Å². The van der Waals surface area contributed by atoms with E-state index in [0.29, 0.717) is 28.9 Å². The van der Waals surface area contributed by atoms with Gasteiger partial charge < -0.3 is 24.3 Å². The van der Waals surface area contributed by atoms with Gasteiger partial charge in [-0.3, -0.25) is 9.59 Å². The fourth-order valence-corrected chi connectivity index (χ4v) is 2.40. The Hall–Kier alpha value is -2.87. The summed E-state index contributed by atoms with van der Waals surface area (Å²) in [5.41, 5.74) is 0.192. The van der Waals surface area contributed by atoms with Gasteiger partial charge in [-0.1, -0.05) is 0 Å². The lowest BCUT2D eigenvalue weighted by Gasteiger charge is -2.08. The number of aliphatic carboxylic acids is 1. The summed E-state index contributed by atoms with van der Waals surface area (Å²) in [7, 11) is 0. The van der Waals surface area contributed by atoms with Crippen LogP contribution in [0.2, 0.25) is 0 Å². The Morgan fingerprint density at radius 1 is 1.32 bits per heavy atom. The lowest BCUT2D eigenvalue weighted by atomic mass is 10.1. The third kappa shape index (κ3) is 4.80. The summed E-state index contributed by atoms with van der Waals surface area (Å²) in [6.07, 6.45) is 0.953. The maximum absolute atomic E-state index is 11.8. The van der Waals surface area contributed by atoms with Crippen LogP contribution in [0.3, 0.4) is 0 Å². The molecule has 1 aliphatic heterocycles. The zero-order valence-corrected chi connectivity index (χ0v) is 13.3. The third-order valence-corrected chi connectivity index (χ3v) is 3.70. The average Bonchev–Trinajstić information content (AvgIpc) is 3.37. The molecule has 2 heterocycles. The highest BCUT2D eigenvalue weighted by Gasteiger charge is 2.21. The SMILES string of the molecule is O=C(O)CNC(=O)Cc1cc(=O)oc2cc(OCCC3CO3)ccc12. The molecule has 0 radical (unpaired) electrons. The van der Waals surface area contributed by atoms with Crippen molar-refractivity contribution in [1.82, 2.24) is 5.32 Å². The molecule has 0 saturated carbocycles. The maximum atomic E-state index is 11.8. The van der Waals surface area contributed by atoms with Crippen LogP contribution in [0.4, 0.5) is 0 Å². The van der Waals surface area contributed by atoms with Gasteiger partial charge in [-0.25, -0.2) is 4.79 Å². The van der Waals surface area contributed by atoms with E-state index in [1.54, 1.807) is 18.2 Å². The molecule has 0 aliphatic carbocycles. The van der Waals surface area contributed by atoms with Crippen LogP contribution in [0, 0.1) is 0 Å². The minimum Gasteiger partial charge on any atom is -0.493 e. The van der Waals surface area contributed by atoms with E-state index < -0.39 is 24.0 Å². The fraction of sp³-hybridized carbons (Fsp3) is 0.353. The van der Waals surface area contributed by atoms with Crippen LogP contribution in [0.5, 0.6) is 5.75 Å². The van der Waals surface area contributed by atoms with E-state index in [1.165, 1.54) is 6.07 Å². The number of amides is 1. The molecule has 1 unspecified atom stereocenters. The Balaban J connectivity index is 1.74. The number of carbonyl (C=O) groups excluding carboxylic acids is 1. The van der Waals surface area contributed by atoms with Gasteiger partial charge in [0.25, 0.3) is 0 Å². The molecule has 2 aromatic rings. The van der Waals surface area contributed by atoms with Crippen molar-refractivity contribution in [2.75, 3.05) is 19.8 Å². The van der Waals surface area contributed by atoms with Gasteiger partial charge >= 0.3 is 11.6 Å². The quantitative estimate of drug-likeness (QED) is 0.533. The Labute approximate surface area is 142 Å². The minimum absolute atomic E-state index is 0.116. The number of epoxide rings is 1. The van der Waals surface area contributed by atoms with Crippen molar-refractivity contribution in [3.63, 3.8) is 0 Å². The number of ether oxygens (including phenoxy) is 2. The van der Waals surface area contributed by atoms with Crippen LogP contribution in [0.1, 0.15) is 12.0 Å². The molecule has 1 saturated heterocycles. The molecule has 1 amide bonds. The van der Waals surface area contributed by atoms with Gasteiger partial charge in [0.2, 0.25) is 5.91 Å². The van der Waals surface area contributed by atoms with Crippen LogP contribution in [0.25, 0.3) is 11.0 Å². The molecule has 1 aromatic heterocycles. The summed E-state index contributed by atoms with van der Waals surface area (Å²) in [6.45, 7) is 0.794. The Kier molecular flexibility index (Phi) is 4.99. The van der Waals surface area contributed by atoms with Crippen molar-refractivity contribution in [2.45, 2.75) is 18.9 Å². The topological polar surface area (TPSA) is 118 Å². The Morgan fingerprint density at radius 2 is 2.12 bits per heavy atom. The fourth-order valence-electron chi connectivity index (χ4n) is 2.40. The van der Waals surface area contributed by atoms with E-state index in [4.69, 9.17) is 19.0 Å². The van der Waals surface area contributed by atoms with E-state index in [1.807, 2.05) is 0 Å². The zero-order chi connectivity index (χ0) is 17.8. The number of benzene rings is 1. The maximum Gasteiger partial charge on any atom is 0.336 e. The second-order valence-electron chi connectivity index (χ2n) is 5.69. The first-order valence-electron chi connectivity index (χ1n) is 7.81. The number of hydrogen-bond acceptors (Lipinski definition) is 6. The average molecular weight is 347 g/mol. The number of carbonyl (C=O) groups is 2. The molecular formula is C17H17NO7. The van der Waals surface area contributed by atoms with Crippen molar-refractivity contribution < 1.29 is 28.6 Å². The summed E-state index contributed by atoms with van der Waals surface area (Å²) < 4.78 is 15.9.